The predicted molar refractivity (Wildman–Crippen MR) is 58.0 cm³/mol. The van der Waals surface area contributed by atoms with E-state index in [9.17, 15) is 13.2 Å². The van der Waals surface area contributed by atoms with Gasteiger partial charge in [-0.05, 0) is 6.42 Å². The Morgan fingerprint density at radius 3 is 2.50 bits per heavy atom. The van der Waals surface area contributed by atoms with E-state index in [4.69, 9.17) is 4.55 Å². The van der Waals surface area contributed by atoms with E-state index in [1.807, 2.05) is 0 Å². The molecule has 0 rings (SSSR count). The van der Waals surface area contributed by atoms with Crippen molar-refractivity contribution in [3.63, 3.8) is 0 Å². The normalized spacial score (nSPS) is 11.6. The summed E-state index contributed by atoms with van der Waals surface area (Å²) in [6.45, 7) is 2.05. The maximum absolute atomic E-state index is 11.1. The Kier molecular flexibility index (Phi) is 7.22. The molecule has 0 aromatic rings. The maximum Gasteiger partial charge on any atom is 0.265 e. The zero-order valence-corrected chi connectivity index (χ0v) is 9.86. The third kappa shape index (κ3) is 10.0. The Morgan fingerprint density at radius 1 is 1.36 bits per heavy atom. The Bertz CT molecular complexity index is 259. The van der Waals surface area contributed by atoms with Crippen molar-refractivity contribution < 1.29 is 17.8 Å². The van der Waals surface area contributed by atoms with Crippen LogP contribution in [0.3, 0.4) is 0 Å². The lowest BCUT2D eigenvalue weighted by atomic mass is 10.2. The van der Waals surface area contributed by atoms with E-state index in [0.717, 1.165) is 31.0 Å². The largest absolute Gasteiger partial charge is 0.287 e. The highest BCUT2D eigenvalue weighted by atomic mass is 32.2. The highest BCUT2D eigenvalue weighted by Gasteiger charge is 2.07. The maximum atomic E-state index is 11.1. The van der Waals surface area contributed by atoms with E-state index in [1.54, 1.807) is 0 Å². The van der Waals surface area contributed by atoms with Crippen LogP contribution in [0, 0.1) is 0 Å². The lowest BCUT2D eigenvalue weighted by Gasteiger charge is -1.98. The molecule has 0 amide bonds. The minimum Gasteiger partial charge on any atom is -0.287 e. The van der Waals surface area contributed by atoms with E-state index in [2.05, 4.69) is 6.92 Å². The Labute approximate surface area is 89.2 Å². The van der Waals surface area contributed by atoms with Crippen LogP contribution in [0.1, 0.15) is 32.6 Å². The molecule has 0 unspecified atom stereocenters. The third-order valence-electron chi connectivity index (χ3n) is 1.59. The zero-order chi connectivity index (χ0) is 11.0. The number of thioether (sulfide) groups is 1. The Hall–Kier alpha value is -0.0700. The molecule has 0 aliphatic heterocycles. The van der Waals surface area contributed by atoms with Crippen LogP contribution in [-0.4, -0.2) is 29.6 Å². The van der Waals surface area contributed by atoms with Gasteiger partial charge in [-0.15, -0.1) is 0 Å². The first-order valence-electron chi connectivity index (χ1n) is 4.56. The fraction of sp³-hybridized carbons (Fsp3) is 0.875. The predicted octanol–water partition coefficient (Wildman–Crippen LogP) is 1.71. The van der Waals surface area contributed by atoms with Gasteiger partial charge in [-0.2, -0.15) is 8.42 Å². The summed E-state index contributed by atoms with van der Waals surface area (Å²) in [6.07, 6.45) is 3.42. The van der Waals surface area contributed by atoms with Gasteiger partial charge in [0.2, 0.25) is 0 Å². The van der Waals surface area contributed by atoms with Gasteiger partial charge in [-0.1, -0.05) is 31.5 Å². The molecule has 0 aliphatic carbocycles. The first-order chi connectivity index (χ1) is 6.45. The molecular weight excluding hydrogens is 224 g/mol. The van der Waals surface area contributed by atoms with Gasteiger partial charge >= 0.3 is 0 Å². The van der Waals surface area contributed by atoms with E-state index in [-0.39, 0.29) is 16.6 Å². The van der Waals surface area contributed by atoms with Crippen molar-refractivity contribution in [2.24, 2.45) is 0 Å². The number of hydrogen-bond donors (Lipinski definition) is 1. The van der Waals surface area contributed by atoms with Crippen LogP contribution in [0.5, 0.6) is 0 Å². The van der Waals surface area contributed by atoms with E-state index in [0.29, 0.717) is 6.42 Å². The smallest absolute Gasteiger partial charge is 0.265 e. The number of carbonyl (C=O) groups excluding carboxylic acids is 1. The molecular formula is C8H16O4S2. The van der Waals surface area contributed by atoms with Crippen molar-refractivity contribution >= 4 is 27.0 Å². The van der Waals surface area contributed by atoms with Crippen LogP contribution in [-0.2, 0) is 14.9 Å². The molecule has 0 saturated heterocycles. The van der Waals surface area contributed by atoms with Crippen molar-refractivity contribution in [1.82, 2.24) is 0 Å². The second kappa shape index (κ2) is 7.25. The van der Waals surface area contributed by atoms with Gasteiger partial charge in [0.1, 0.15) is 0 Å². The molecule has 1 N–H and O–H groups in total. The molecule has 0 atom stereocenters. The second-order valence-electron chi connectivity index (χ2n) is 2.96. The fourth-order valence-electron chi connectivity index (χ4n) is 0.852. The minimum absolute atomic E-state index is 0.00194. The summed E-state index contributed by atoms with van der Waals surface area (Å²) < 4.78 is 29.0. The molecule has 4 nitrogen and oxygen atoms in total. The van der Waals surface area contributed by atoms with Crippen molar-refractivity contribution in [1.29, 1.82) is 0 Å². The second-order valence-corrected chi connectivity index (χ2v) is 5.69. The van der Waals surface area contributed by atoms with Gasteiger partial charge in [0.15, 0.2) is 5.12 Å². The number of carbonyl (C=O) groups is 1. The standard InChI is InChI=1S/C8H16O4S2/c1-2-3-4-5-8(9)13-6-7-14(10,11)12/h2-7H2,1H3,(H,10,11,12). The van der Waals surface area contributed by atoms with Gasteiger partial charge in [0.25, 0.3) is 10.1 Å². The number of unbranched alkanes of at least 4 members (excludes halogenated alkanes) is 2. The molecule has 0 fully saturated rings. The third-order valence-corrected chi connectivity index (χ3v) is 3.50. The summed E-state index contributed by atoms with van der Waals surface area (Å²) in [7, 11) is -3.92. The minimum atomic E-state index is -3.92. The van der Waals surface area contributed by atoms with E-state index in [1.165, 1.54) is 0 Å². The average Bonchev–Trinajstić information content (AvgIpc) is 2.02. The van der Waals surface area contributed by atoms with E-state index < -0.39 is 10.1 Å². The number of hydrogen-bond acceptors (Lipinski definition) is 4. The molecule has 0 aliphatic rings. The fourth-order valence-corrected chi connectivity index (χ4v) is 2.54. The lowest BCUT2D eigenvalue weighted by molar-refractivity contribution is -0.111. The Morgan fingerprint density at radius 2 is 2.00 bits per heavy atom. The highest BCUT2D eigenvalue weighted by Crippen LogP contribution is 2.10. The molecule has 6 heteroatoms. The van der Waals surface area contributed by atoms with Gasteiger partial charge in [0, 0.05) is 12.2 Å². The highest BCUT2D eigenvalue weighted by molar-refractivity contribution is 8.14. The molecule has 0 aromatic heterocycles. The summed E-state index contributed by atoms with van der Waals surface area (Å²) in [6, 6.07) is 0. The molecule has 0 bridgehead atoms. The first-order valence-corrected chi connectivity index (χ1v) is 7.16. The average molecular weight is 240 g/mol. The molecule has 0 heterocycles. The van der Waals surface area contributed by atoms with Gasteiger partial charge in [-0.3, -0.25) is 9.35 Å². The molecule has 0 spiro atoms. The first kappa shape index (κ1) is 13.9. The lowest BCUT2D eigenvalue weighted by Crippen LogP contribution is -2.07. The van der Waals surface area contributed by atoms with Crippen LogP contribution >= 0.6 is 11.8 Å². The van der Waals surface area contributed by atoms with Crippen LogP contribution in [0.4, 0.5) is 0 Å². The molecule has 0 radical (unpaired) electrons. The van der Waals surface area contributed by atoms with Gasteiger partial charge in [0.05, 0.1) is 5.75 Å². The summed E-state index contributed by atoms with van der Waals surface area (Å²) in [5, 5.41) is 0.00194. The quantitative estimate of drug-likeness (QED) is 0.542. The van der Waals surface area contributed by atoms with Gasteiger partial charge < -0.3 is 0 Å². The van der Waals surface area contributed by atoms with Gasteiger partial charge in [-0.25, -0.2) is 0 Å². The van der Waals surface area contributed by atoms with Crippen LogP contribution in [0.25, 0.3) is 0 Å². The van der Waals surface area contributed by atoms with Crippen LogP contribution in [0.2, 0.25) is 0 Å². The van der Waals surface area contributed by atoms with Crippen LogP contribution in [0.15, 0.2) is 0 Å². The van der Waals surface area contributed by atoms with Crippen molar-refractivity contribution in [2.45, 2.75) is 32.6 Å². The van der Waals surface area contributed by atoms with Crippen molar-refractivity contribution in [3.05, 3.63) is 0 Å². The van der Waals surface area contributed by atoms with Crippen molar-refractivity contribution in [2.75, 3.05) is 11.5 Å². The van der Waals surface area contributed by atoms with Crippen molar-refractivity contribution in [3.8, 4) is 0 Å². The Balaban J connectivity index is 3.45. The number of rotatable bonds is 7. The summed E-state index contributed by atoms with van der Waals surface area (Å²) in [5.41, 5.74) is 0. The summed E-state index contributed by atoms with van der Waals surface area (Å²) in [5.74, 6) is -0.207. The zero-order valence-electron chi connectivity index (χ0n) is 8.23. The molecule has 84 valence electrons. The SMILES string of the molecule is CCCCCC(=O)SCCS(=O)(=O)O. The van der Waals surface area contributed by atoms with E-state index >= 15 is 0 Å². The molecule has 14 heavy (non-hydrogen) atoms. The summed E-state index contributed by atoms with van der Waals surface area (Å²) in [4.78, 5) is 11.1. The molecule has 0 saturated carbocycles. The molecule has 0 aromatic carbocycles. The van der Waals surface area contributed by atoms with Crippen LogP contribution < -0.4 is 0 Å². The summed E-state index contributed by atoms with van der Waals surface area (Å²) >= 11 is 0.976. The monoisotopic (exact) mass is 240 g/mol. The topological polar surface area (TPSA) is 71.4 Å².